The topological polar surface area (TPSA) is 20.0 Å². The number of quaternary nitrogens is 1. The molecule has 1 aliphatic rings. The zero-order chi connectivity index (χ0) is 18.6. The zero-order valence-electron chi connectivity index (χ0n) is 15.7. The Hall–Kier alpha value is -2.17. The summed E-state index contributed by atoms with van der Waals surface area (Å²) in [7, 11) is 0. The first-order valence-corrected chi connectivity index (χ1v) is 10.3. The number of rotatable bonds is 4. The van der Waals surface area contributed by atoms with Gasteiger partial charge in [-0.05, 0) is 35.4 Å². The van der Waals surface area contributed by atoms with Crippen molar-refractivity contribution in [2.45, 2.75) is 13.5 Å². The summed E-state index contributed by atoms with van der Waals surface area (Å²) in [5, 5.41) is 9.80. The van der Waals surface area contributed by atoms with Gasteiger partial charge in [0.1, 0.15) is 6.54 Å². The second-order valence-corrected chi connectivity index (χ2v) is 8.13. The molecule has 0 atom stereocenters. The van der Waals surface area contributed by atoms with Crippen molar-refractivity contribution in [3.8, 4) is 0 Å². The van der Waals surface area contributed by atoms with Gasteiger partial charge in [0.15, 0.2) is 0 Å². The number of piperazine rings is 1. The molecule has 3 aromatic carbocycles. The number of hydrazone groups is 1. The van der Waals surface area contributed by atoms with Crippen LogP contribution < -0.4 is 4.90 Å². The van der Waals surface area contributed by atoms with Gasteiger partial charge < -0.3 is 4.90 Å². The summed E-state index contributed by atoms with van der Waals surface area (Å²) < 4.78 is 1.10. The molecule has 27 heavy (non-hydrogen) atoms. The van der Waals surface area contributed by atoms with Crippen molar-refractivity contribution >= 4 is 32.4 Å². The molecule has 3 aromatic rings. The van der Waals surface area contributed by atoms with Gasteiger partial charge in [-0.2, -0.15) is 5.10 Å². The Morgan fingerprint density at radius 2 is 1.74 bits per heavy atom. The smallest absolute Gasteiger partial charge is 0.104 e. The van der Waals surface area contributed by atoms with E-state index in [1.54, 1.807) is 4.90 Å². The summed E-state index contributed by atoms with van der Waals surface area (Å²) in [5.74, 6) is 0. The Balaban J connectivity index is 1.39. The minimum absolute atomic E-state index is 1.01. The first-order valence-electron chi connectivity index (χ1n) is 9.55. The number of benzene rings is 3. The van der Waals surface area contributed by atoms with E-state index in [-0.39, 0.29) is 0 Å². The van der Waals surface area contributed by atoms with E-state index in [1.807, 2.05) is 6.07 Å². The number of nitrogens with zero attached hydrogens (tertiary/aromatic N) is 2. The quantitative estimate of drug-likeness (QED) is 0.635. The normalized spacial score (nSPS) is 16.1. The summed E-state index contributed by atoms with van der Waals surface area (Å²) in [4.78, 5) is 1.64. The fourth-order valence-corrected chi connectivity index (χ4v) is 4.19. The zero-order valence-corrected chi connectivity index (χ0v) is 17.2. The van der Waals surface area contributed by atoms with Crippen LogP contribution in [0.4, 0.5) is 0 Å². The van der Waals surface area contributed by atoms with Gasteiger partial charge >= 0.3 is 0 Å². The molecule has 1 heterocycles. The van der Waals surface area contributed by atoms with Crippen molar-refractivity contribution in [1.29, 1.82) is 0 Å². The molecule has 0 bridgehead atoms. The van der Waals surface area contributed by atoms with Crippen LogP contribution in [0, 0.1) is 0 Å². The highest BCUT2D eigenvalue weighted by Crippen LogP contribution is 2.17. The van der Waals surface area contributed by atoms with Gasteiger partial charge in [-0.3, -0.25) is 5.01 Å². The number of hydrogen-bond donors (Lipinski definition) is 1. The Morgan fingerprint density at radius 1 is 1.00 bits per heavy atom. The number of nitrogens with one attached hydrogen (secondary N) is 1. The van der Waals surface area contributed by atoms with Crippen LogP contribution in [0.15, 0.2) is 76.3 Å². The summed E-state index contributed by atoms with van der Waals surface area (Å²) in [6, 6.07) is 23.7. The Morgan fingerprint density at radius 3 is 2.56 bits per heavy atom. The first kappa shape index (κ1) is 18.2. The van der Waals surface area contributed by atoms with Crippen molar-refractivity contribution in [3.05, 3.63) is 82.3 Å². The predicted octanol–water partition coefficient (Wildman–Crippen LogP) is 3.73. The SMILES string of the molecule is C/C(=N\N1CC[NH+](Cc2cccc3ccccc23)CC1)c1cccc(Br)c1. The van der Waals surface area contributed by atoms with Crippen LogP contribution in [0.5, 0.6) is 0 Å². The van der Waals surface area contributed by atoms with Crippen molar-refractivity contribution < 1.29 is 4.90 Å². The molecule has 4 heteroatoms. The lowest BCUT2D eigenvalue weighted by Gasteiger charge is -2.31. The average Bonchev–Trinajstić information content (AvgIpc) is 2.70. The Bertz CT molecular complexity index is 953. The molecular weight excluding hydrogens is 398 g/mol. The maximum atomic E-state index is 4.85. The molecule has 138 valence electrons. The van der Waals surface area contributed by atoms with E-state index in [2.05, 4.69) is 88.5 Å². The van der Waals surface area contributed by atoms with Crippen molar-refractivity contribution in [2.24, 2.45) is 5.10 Å². The number of hydrogen-bond acceptors (Lipinski definition) is 2. The van der Waals surface area contributed by atoms with Gasteiger partial charge in [0, 0.05) is 10.0 Å². The van der Waals surface area contributed by atoms with Crippen LogP contribution in [-0.4, -0.2) is 36.9 Å². The van der Waals surface area contributed by atoms with Crippen LogP contribution in [-0.2, 0) is 6.54 Å². The number of fused-ring (bicyclic) bond motifs is 1. The van der Waals surface area contributed by atoms with E-state index in [1.165, 1.54) is 21.9 Å². The summed E-state index contributed by atoms with van der Waals surface area (Å²) in [6.07, 6.45) is 0. The van der Waals surface area contributed by atoms with E-state index in [9.17, 15) is 0 Å². The van der Waals surface area contributed by atoms with Crippen LogP contribution in [0.1, 0.15) is 18.1 Å². The highest BCUT2D eigenvalue weighted by atomic mass is 79.9. The molecular formula is C23H25BrN3+. The Labute approximate surface area is 169 Å². The highest BCUT2D eigenvalue weighted by molar-refractivity contribution is 9.10. The van der Waals surface area contributed by atoms with Gasteiger partial charge in [-0.15, -0.1) is 0 Å². The van der Waals surface area contributed by atoms with Gasteiger partial charge in [0.25, 0.3) is 0 Å². The lowest BCUT2D eigenvalue weighted by molar-refractivity contribution is -0.918. The largest absolute Gasteiger partial charge is 0.328 e. The molecule has 0 aromatic heterocycles. The lowest BCUT2D eigenvalue weighted by atomic mass is 10.0. The van der Waals surface area contributed by atoms with Crippen molar-refractivity contribution in [2.75, 3.05) is 26.2 Å². The molecule has 1 aliphatic heterocycles. The minimum atomic E-state index is 1.01. The van der Waals surface area contributed by atoms with E-state index in [0.717, 1.165) is 42.9 Å². The van der Waals surface area contributed by atoms with Crippen LogP contribution in [0.3, 0.4) is 0 Å². The molecule has 0 amide bonds. The van der Waals surface area contributed by atoms with Gasteiger partial charge in [0.05, 0.1) is 31.9 Å². The molecule has 3 nitrogen and oxygen atoms in total. The van der Waals surface area contributed by atoms with Gasteiger partial charge in [-0.25, -0.2) is 0 Å². The molecule has 1 saturated heterocycles. The molecule has 1 N–H and O–H groups in total. The predicted molar refractivity (Wildman–Crippen MR) is 116 cm³/mol. The van der Waals surface area contributed by atoms with Crippen LogP contribution >= 0.6 is 15.9 Å². The molecule has 0 radical (unpaired) electrons. The van der Waals surface area contributed by atoms with Crippen LogP contribution in [0.25, 0.3) is 10.8 Å². The molecule has 0 saturated carbocycles. The molecule has 0 aliphatic carbocycles. The molecule has 4 rings (SSSR count). The summed E-state index contributed by atoms with van der Waals surface area (Å²) in [5.41, 5.74) is 3.70. The highest BCUT2D eigenvalue weighted by Gasteiger charge is 2.20. The van der Waals surface area contributed by atoms with Gasteiger partial charge in [-0.1, -0.05) is 70.5 Å². The third-order valence-electron chi connectivity index (χ3n) is 5.30. The maximum Gasteiger partial charge on any atom is 0.104 e. The van der Waals surface area contributed by atoms with Crippen molar-refractivity contribution in [1.82, 2.24) is 5.01 Å². The summed E-state index contributed by atoms with van der Waals surface area (Å²) in [6.45, 7) is 7.44. The standard InChI is InChI=1S/C23H24BrN3/c1-18(20-8-5-10-22(24)16-20)25-27-14-12-26(13-15-27)17-21-9-4-7-19-6-2-3-11-23(19)21/h2-11,16H,12-15,17H2,1H3/p+1/b25-18+. The van der Waals surface area contributed by atoms with E-state index >= 15 is 0 Å². The Kier molecular flexibility index (Phi) is 5.55. The monoisotopic (exact) mass is 422 g/mol. The molecule has 0 spiro atoms. The molecule has 1 fully saturated rings. The van der Waals surface area contributed by atoms with Crippen LogP contribution in [0.2, 0.25) is 0 Å². The second-order valence-electron chi connectivity index (χ2n) is 7.21. The third kappa shape index (κ3) is 4.40. The fraction of sp³-hybridized carbons (Fsp3) is 0.261. The average molecular weight is 423 g/mol. The lowest BCUT2D eigenvalue weighted by Crippen LogP contribution is -3.13. The first-order chi connectivity index (χ1) is 13.2. The summed E-state index contributed by atoms with van der Waals surface area (Å²) >= 11 is 3.54. The van der Waals surface area contributed by atoms with E-state index in [4.69, 9.17) is 5.10 Å². The second kappa shape index (κ2) is 8.24. The third-order valence-corrected chi connectivity index (χ3v) is 5.79. The number of halogens is 1. The minimum Gasteiger partial charge on any atom is -0.328 e. The van der Waals surface area contributed by atoms with E-state index in [0.29, 0.717) is 0 Å². The maximum absolute atomic E-state index is 4.85. The fourth-order valence-electron chi connectivity index (χ4n) is 3.79. The molecule has 0 unspecified atom stereocenters. The van der Waals surface area contributed by atoms with Gasteiger partial charge in [0.2, 0.25) is 0 Å². The van der Waals surface area contributed by atoms with E-state index < -0.39 is 0 Å². The van der Waals surface area contributed by atoms with Crippen molar-refractivity contribution in [3.63, 3.8) is 0 Å².